The van der Waals surface area contributed by atoms with Crippen molar-refractivity contribution in [1.82, 2.24) is 5.32 Å². The Morgan fingerprint density at radius 1 is 0.960 bits per heavy atom. The van der Waals surface area contributed by atoms with Crippen molar-refractivity contribution >= 4 is 15.8 Å². The van der Waals surface area contributed by atoms with Gasteiger partial charge in [-0.1, -0.05) is 24.3 Å². The maximum atomic E-state index is 12.7. The van der Waals surface area contributed by atoms with Gasteiger partial charge < -0.3 is 10.1 Å². The van der Waals surface area contributed by atoms with Crippen molar-refractivity contribution in [1.29, 1.82) is 0 Å². The van der Waals surface area contributed by atoms with Crippen LogP contribution in [0.15, 0.2) is 53.4 Å². The van der Waals surface area contributed by atoms with Gasteiger partial charge in [0, 0.05) is 0 Å². The zero-order chi connectivity index (χ0) is 17.9. The fourth-order valence-electron chi connectivity index (χ4n) is 3.05. The second-order valence-electron chi connectivity index (χ2n) is 6.09. The molecule has 1 aliphatic heterocycles. The van der Waals surface area contributed by atoms with Gasteiger partial charge >= 0.3 is 5.97 Å². The van der Waals surface area contributed by atoms with Gasteiger partial charge in [0.25, 0.3) is 0 Å². The normalized spacial score (nSPS) is 15.7. The van der Waals surface area contributed by atoms with Crippen LogP contribution in [0, 0.1) is 0 Å². The summed E-state index contributed by atoms with van der Waals surface area (Å²) in [5, 5.41) is 2.88. The molecule has 0 atom stereocenters. The van der Waals surface area contributed by atoms with E-state index in [1.54, 1.807) is 36.4 Å². The highest BCUT2D eigenvalue weighted by Crippen LogP contribution is 2.26. The van der Waals surface area contributed by atoms with E-state index in [-0.39, 0.29) is 11.2 Å². The van der Waals surface area contributed by atoms with Gasteiger partial charge in [-0.3, -0.25) is 0 Å². The number of hydrogen-bond donors (Lipinski definition) is 1. The lowest BCUT2D eigenvalue weighted by molar-refractivity contribution is 0.0600. The molecule has 2 aromatic rings. The summed E-state index contributed by atoms with van der Waals surface area (Å²) in [4.78, 5) is 11.8. The standard InChI is InChI=1S/C19H21NO4S/c1-24-19(21)16-4-2-14(3-5-16)15-6-8-17(9-7-15)25(22,23)18-10-12-20-13-11-18/h2-9,18,20H,10-13H2,1H3. The van der Waals surface area contributed by atoms with E-state index in [9.17, 15) is 13.2 Å². The van der Waals surface area contributed by atoms with Crippen LogP contribution < -0.4 is 5.32 Å². The highest BCUT2D eigenvalue weighted by molar-refractivity contribution is 7.92. The minimum absolute atomic E-state index is 0.307. The zero-order valence-electron chi connectivity index (χ0n) is 14.1. The number of carbonyl (C=O) groups excluding carboxylic acids is 1. The molecule has 25 heavy (non-hydrogen) atoms. The van der Waals surface area contributed by atoms with Crippen LogP contribution in [0.25, 0.3) is 11.1 Å². The first-order chi connectivity index (χ1) is 12.0. The number of esters is 1. The SMILES string of the molecule is COC(=O)c1ccc(-c2ccc(S(=O)(=O)C3CCNCC3)cc2)cc1. The number of sulfone groups is 1. The lowest BCUT2D eigenvalue weighted by atomic mass is 10.0. The Bertz CT molecular complexity index is 836. The Labute approximate surface area is 147 Å². The molecule has 0 aromatic heterocycles. The van der Waals surface area contributed by atoms with Gasteiger partial charge in [-0.25, -0.2) is 13.2 Å². The largest absolute Gasteiger partial charge is 0.465 e. The predicted molar refractivity (Wildman–Crippen MR) is 96.3 cm³/mol. The summed E-state index contributed by atoms with van der Waals surface area (Å²) < 4.78 is 30.1. The quantitative estimate of drug-likeness (QED) is 0.850. The van der Waals surface area contributed by atoms with Crippen molar-refractivity contribution in [2.24, 2.45) is 0 Å². The smallest absolute Gasteiger partial charge is 0.337 e. The Morgan fingerprint density at radius 2 is 1.48 bits per heavy atom. The molecule has 0 amide bonds. The maximum absolute atomic E-state index is 12.7. The van der Waals surface area contributed by atoms with Crippen molar-refractivity contribution in [3.05, 3.63) is 54.1 Å². The van der Waals surface area contributed by atoms with Gasteiger partial charge in [0.2, 0.25) is 0 Å². The van der Waals surface area contributed by atoms with E-state index in [1.807, 2.05) is 12.1 Å². The summed E-state index contributed by atoms with van der Waals surface area (Å²) in [5.41, 5.74) is 2.30. The molecule has 0 aliphatic carbocycles. The molecular formula is C19H21NO4S. The molecule has 0 radical (unpaired) electrons. The number of benzene rings is 2. The predicted octanol–water partition coefficient (Wildman–Crippen LogP) is 2.67. The lowest BCUT2D eigenvalue weighted by Gasteiger charge is -2.22. The lowest BCUT2D eigenvalue weighted by Crippen LogP contribution is -2.35. The molecule has 1 N–H and O–H groups in total. The third-order valence-corrected chi connectivity index (χ3v) is 6.83. The third-order valence-electron chi connectivity index (χ3n) is 4.55. The summed E-state index contributed by atoms with van der Waals surface area (Å²) in [5.74, 6) is -0.380. The third kappa shape index (κ3) is 3.75. The van der Waals surface area contributed by atoms with Gasteiger partial charge in [-0.15, -0.1) is 0 Å². The minimum atomic E-state index is -3.28. The van der Waals surface area contributed by atoms with E-state index in [0.29, 0.717) is 23.3 Å². The molecule has 1 aliphatic rings. The summed E-state index contributed by atoms with van der Waals surface area (Å²) in [6.07, 6.45) is 1.30. The molecule has 1 heterocycles. The van der Waals surface area contributed by atoms with Crippen LogP contribution in [0.1, 0.15) is 23.2 Å². The topological polar surface area (TPSA) is 72.5 Å². The number of hydrogen-bond acceptors (Lipinski definition) is 5. The summed E-state index contributed by atoms with van der Waals surface area (Å²) in [6, 6.07) is 14.0. The van der Waals surface area contributed by atoms with Crippen LogP contribution in [0.3, 0.4) is 0 Å². The Hall–Kier alpha value is -2.18. The van der Waals surface area contributed by atoms with Crippen molar-refractivity contribution in [2.45, 2.75) is 23.0 Å². The summed E-state index contributed by atoms with van der Waals surface area (Å²) >= 11 is 0. The van der Waals surface area contributed by atoms with Crippen molar-refractivity contribution in [2.75, 3.05) is 20.2 Å². The Kier molecular flexibility index (Phi) is 5.20. The number of piperidine rings is 1. The van der Waals surface area contributed by atoms with E-state index in [0.717, 1.165) is 24.2 Å². The molecule has 6 heteroatoms. The molecule has 0 unspecified atom stereocenters. The molecule has 0 bridgehead atoms. The van der Waals surface area contributed by atoms with Gasteiger partial charge in [0.1, 0.15) is 0 Å². The first-order valence-corrected chi connectivity index (χ1v) is 9.80. The Balaban J connectivity index is 1.81. The van der Waals surface area contributed by atoms with E-state index in [4.69, 9.17) is 0 Å². The van der Waals surface area contributed by atoms with E-state index in [2.05, 4.69) is 10.1 Å². The number of methoxy groups -OCH3 is 1. The molecule has 1 saturated heterocycles. The maximum Gasteiger partial charge on any atom is 0.337 e. The van der Waals surface area contributed by atoms with Crippen molar-refractivity contribution in [3.63, 3.8) is 0 Å². The fraction of sp³-hybridized carbons (Fsp3) is 0.316. The molecule has 2 aromatic carbocycles. The summed E-state index contributed by atoms with van der Waals surface area (Å²) in [6.45, 7) is 1.49. The minimum Gasteiger partial charge on any atom is -0.465 e. The van der Waals surface area contributed by atoms with Gasteiger partial charge in [0.15, 0.2) is 9.84 Å². The highest BCUT2D eigenvalue weighted by atomic mass is 32.2. The number of ether oxygens (including phenoxy) is 1. The molecular weight excluding hydrogens is 338 g/mol. The number of nitrogens with one attached hydrogen (secondary N) is 1. The second-order valence-corrected chi connectivity index (χ2v) is 8.32. The first-order valence-electron chi connectivity index (χ1n) is 8.26. The molecule has 0 spiro atoms. The van der Waals surface area contributed by atoms with Crippen molar-refractivity contribution in [3.8, 4) is 11.1 Å². The molecule has 5 nitrogen and oxygen atoms in total. The van der Waals surface area contributed by atoms with Crippen LogP contribution in [-0.4, -0.2) is 39.8 Å². The van der Waals surface area contributed by atoms with Gasteiger partial charge in [-0.2, -0.15) is 0 Å². The van der Waals surface area contributed by atoms with E-state index in [1.165, 1.54) is 7.11 Å². The molecule has 1 fully saturated rings. The van der Waals surface area contributed by atoms with Crippen LogP contribution in [0.5, 0.6) is 0 Å². The van der Waals surface area contributed by atoms with Gasteiger partial charge in [-0.05, 0) is 61.3 Å². The van der Waals surface area contributed by atoms with Crippen LogP contribution >= 0.6 is 0 Å². The van der Waals surface area contributed by atoms with Crippen LogP contribution in [-0.2, 0) is 14.6 Å². The average Bonchev–Trinajstić information content (AvgIpc) is 2.68. The monoisotopic (exact) mass is 359 g/mol. The highest BCUT2D eigenvalue weighted by Gasteiger charge is 2.28. The van der Waals surface area contributed by atoms with E-state index >= 15 is 0 Å². The fourth-order valence-corrected chi connectivity index (χ4v) is 4.81. The van der Waals surface area contributed by atoms with Gasteiger partial charge in [0.05, 0.1) is 22.8 Å². The average molecular weight is 359 g/mol. The first kappa shape index (κ1) is 17.6. The molecule has 132 valence electrons. The summed E-state index contributed by atoms with van der Waals surface area (Å²) in [7, 11) is -1.94. The van der Waals surface area contributed by atoms with Crippen molar-refractivity contribution < 1.29 is 17.9 Å². The second kappa shape index (κ2) is 7.37. The molecule has 3 rings (SSSR count). The van der Waals surface area contributed by atoms with Crippen LogP contribution in [0.4, 0.5) is 0 Å². The Morgan fingerprint density at radius 3 is 2.00 bits per heavy atom. The van der Waals surface area contributed by atoms with Crippen LogP contribution in [0.2, 0.25) is 0 Å². The molecule has 0 saturated carbocycles. The van der Waals surface area contributed by atoms with E-state index < -0.39 is 9.84 Å². The zero-order valence-corrected chi connectivity index (χ0v) is 14.9. The number of carbonyl (C=O) groups is 1. The number of rotatable bonds is 4.